The molecule has 1 rings (SSSR count). The molecule has 0 aliphatic carbocycles. The van der Waals surface area contributed by atoms with Crippen LogP contribution in [-0.2, 0) is 14.3 Å². The monoisotopic (exact) mass is 281 g/mol. The summed E-state index contributed by atoms with van der Waals surface area (Å²) in [4.78, 5) is 23.2. The van der Waals surface area contributed by atoms with E-state index in [0.29, 0.717) is 6.61 Å². The Balaban J connectivity index is 2.45. The Morgan fingerprint density at radius 2 is 2.05 bits per heavy atom. The molecule has 0 aromatic heterocycles. The van der Waals surface area contributed by atoms with Gasteiger partial charge in [0.25, 0.3) is 0 Å². The number of aryl methyl sites for hydroxylation is 1. The maximum Gasteiger partial charge on any atom is 0.315 e. The summed E-state index contributed by atoms with van der Waals surface area (Å²) in [6.45, 7) is 5.84. The van der Waals surface area contributed by atoms with Crippen LogP contribution in [0.4, 0.5) is 5.69 Å². The van der Waals surface area contributed by atoms with E-state index in [9.17, 15) is 9.59 Å². The largest absolute Gasteiger partial charge is 0.465 e. The Bertz CT molecular complexity index is 448. The van der Waals surface area contributed by atoms with Crippen LogP contribution in [0.5, 0.6) is 0 Å². The average Bonchev–Trinajstić information content (AvgIpc) is 2.39. The lowest BCUT2D eigenvalue weighted by molar-refractivity contribution is -0.139. The molecule has 0 saturated heterocycles. The lowest BCUT2D eigenvalue weighted by Crippen LogP contribution is -2.24. The topological polar surface area (TPSA) is 55.4 Å². The first-order valence-electron chi connectivity index (χ1n) is 6.18. The lowest BCUT2D eigenvalue weighted by Gasteiger charge is -2.13. The van der Waals surface area contributed by atoms with Crippen molar-refractivity contribution in [3.8, 4) is 0 Å². The van der Waals surface area contributed by atoms with Crippen molar-refractivity contribution >= 4 is 29.3 Å². The number of para-hydroxylation sites is 1. The first kappa shape index (κ1) is 15.6. The van der Waals surface area contributed by atoms with Crippen LogP contribution < -0.4 is 5.32 Å². The Labute approximate surface area is 117 Å². The SMILES string of the molecule is CCOC(=O)CSC(C)C(=O)Nc1ccccc1C. The Kier molecular flexibility index (Phi) is 6.42. The highest BCUT2D eigenvalue weighted by Crippen LogP contribution is 2.17. The number of anilines is 1. The van der Waals surface area contributed by atoms with Gasteiger partial charge in [-0.1, -0.05) is 18.2 Å². The van der Waals surface area contributed by atoms with Gasteiger partial charge in [-0.2, -0.15) is 0 Å². The van der Waals surface area contributed by atoms with Crippen LogP contribution >= 0.6 is 11.8 Å². The number of nitrogens with one attached hydrogen (secondary N) is 1. The zero-order valence-electron chi connectivity index (χ0n) is 11.4. The average molecular weight is 281 g/mol. The zero-order chi connectivity index (χ0) is 14.3. The molecule has 19 heavy (non-hydrogen) atoms. The summed E-state index contributed by atoms with van der Waals surface area (Å²) < 4.78 is 4.82. The van der Waals surface area contributed by atoms with Gasteiger partial charge in [-0.25, -0.2) is 0 Å². The number of rotatable bonds is 6. The molecule has 1 aromatic rings. The number of thioether (sulfide) groups is 1. The van der Waals surface area contributed by atoms with Gasteiger partial charge >= 0.3 is 5.97 Å². The molecule has 0 aliphatic rings. The second kappa shape index (κ2) is 7.84. The van der Waals surface area contributed by atoms with E-state index in [-0.39, 0.29) is 22.9 Å². The fourth-order valence-electron chi connectivity index (χ4n) is 1.42. The number of hydrogen-bond acceptors (Lipinski definition) is 4. The number of ether oxygens (including phenoxy) is 1. The van der Waals surface area contributed by atoms with Gasteiger partial charge in [0, 0.05) is 5.69 Å². The molecule has 0 aliphatic heterocycles. The van der Waals surface area contributed by atoms with Crippen LogP contribution in [0.15, 0.2) is 24.3 Å². The first-order chi connectivity index (χ1) is 9.04. The standard InChI is InChI=1S/C14H19NO3S/c1-4-18-13(16)9-19-11(3)14(17)15-12-8-6-5-7-10(12)2/h5-8,11H,4,9H2,1-3H3,(H,15,17). The normalized spacial score (nSPS) is 11.7. The quantitative estimate of drug-likeness (QED) is 0.814. The van der Waals surface area contributed by atoms with Crippen LogP contribution in [0.1, 0.15) is 19.4 Å². The Morgan fingerprint density at radius 1 is 1.37 bits per heavy atom. The maximum absolute atomic E-state index is 12.0. The third-order valence-electron chi connectivity index (χ3n) is 2.53. The smallest absolute Gasteiger partial charge is 0.315 e. The minimum atomic E-state index is -0.302. The minimum Gasteiger partial charge on any atom is -0.465 e. The van der Waals surface area contributed by atoms with Gasteiger partial charge in [-0.3, -0.25) is 9.59 Å². The first-order valence-corrected chi connectivity index (χ1v) is 7.23. The third-order valence-corrected chi connectivity index (χ3v) is 3.65. The van der Waals surface area contributed by atoms with Gasteiger partial charge in [0.15, 0.2) is 0 Å². The van der Waals surface area contributed by atoms with Crippen LogP contribution in [0.2, 0.25) is 0 Å². The van der Waals surface area contributed by atoms with E-state index >= 15 is 0 Å². The number of esters is 1. The summed E-state index contributed by atoms with van der Waals surface area (Å²) in [6.07, 6.45) is 0. The molecule has 1 unspecified atom stereocenters. The minimum absolute atomic E-state index is 0.108. The van der Waals surface area contributed by atoms with Gasteiger partial charge < -0.3 is 10.1 Å². The van der Waals surface area contributed by atoms with Crippen molar-refractivity contribution in [3.63, 3.8) is 0 Å². The summed E-state index contributed by atoms with van der Waals surface area (Å²) in [5.41, 5.74) is 1.81. The molecule has 104 valence electrons. The van der Waals surface area contributed by atoms with E-state index in [1.807, 2.05) is 31.2 Å². The number of hydrogen-bond donors (Lipinski definition) is 1. The molecule has 0 radical (unpaired) electrons. The summed E-state index contributed by atoms with van der Waals surface area (Å²) >= 11 is 1.27. The second-order valence-corrected chi connectivity index (χ2v) is 5.39. The van der Waals surface area contributed by atoms with Gasteiger partial charge in [0.05, 0.1) is 17.6 Å². The van der Waals surface area contributed by atoms with Gasteiger partial charge in [0.1, 0.15) is 0 Å². The summed E-state index contributed by atoms with van der Waals surface area (Å²) in [5.74, 6) is -0.206. The third kappa shape index (κ3) is 5.34. The fourth-order valence-corrected chi connectivity index (χ4v) is 2.10. The molecule has 0 fully saturated rings. The molecular formula is C14H19NO3S. The van der Waals surface area contributed by atoms with Crippen molar-refractivity contribution in [1.29, 1.82) is 0 Å². The molecule has 0 spiro atoms. The lowest BCUT2D eigenvalue weighted by atomic mass is 10.2. The summed E-state index contributed by atoms with van der Waals surface area (Å²) in [7, 11) is 0. The Morgan fingerprint density at radius 3 is 2.68 bits per heavy atom. The molecule has 1 N–H and O–H groups in total. The highest BCUT2D eigenvalue weighted by molar-refractivity contribution is 8.01. The van der Waals surface area contributed by atoms with Gasteiger partial charge in [-0.15, -0.1) is 11.8 Å². The fraction of sp³-hybridized carbons (Fsp3) is 0.429. The van der Waals surface area contributed by atoms with Crippen molar-refractivity contribution in [2.45, 2.75) is 26.0 Å². The molecule has 0 saturated carbocycles. The van der Waals surface area contributed by atoms with Crippen molar-refractivity contribution < 1.29 is 14.3 Å². The van der Waals surface area contributed by atoms with Crippen molar-refractivity contribution in [3.05, 3.63) is 29.8 Å². The zero-order valence-corrected chi connectivity index (χ0v) is 12.3. The highest BCUT2D eigenvalue weighted by atomic mass is 32.2. The molecule has 1 amide bonds. The van der Waals surface area contributed by atoms with E-state index in [4.69, 9.17) is 4.74 Å². The summed E-state index contributed by atoms with van der Waals surface area (Å²) in [5, 5.41) is 2.55. The number of amides is 1. The van der Waals surface area contributed by atoms with Gasteiger partial charge in [0.2, 0.25) is 5.91 Å². The van der Waals surface area contributed by atoms with E-state index in [1.54, 1.807) is 13.8 Å². The second-order valence-electron chi connectivity index (χ2n) is 4.06. The van der Waals surface area contributed by atoms with E-state index < -0.39 is 0 Å². The number of benzene rings is 1. The van der Waals surface area contributed by atoms with Crippen LogP contribution in [0, 0.1) is 6.92 Å². The maximum atomic E-state index is 12.0. The highest BCUT2D eigenvalue weighted by Gasteiger charge is 2.16. The van der Waals surface area contributed by atoms with Gasteiger partial charge in [-0.05, 0) is 32.4 Å². The van der Waals surface area contributed by atoms with Crippen LogP contribution in [0.3, 0.4) is 0 Å². The molecule has 1 atom stereocenters. The molecule has 5 heteroatoms. The van der Waals surface area contributed by atoms with Crippen molar-refractivity contribution in [2.75, 3.05) is 17.7 Å². The molecule has 1 aromatic carbocycles. The van der Waals surface area contributed by atoms with E-state index in [1.165, 1.54) is 11.8 Å². The van der Waals surface area contributed by atoms with Crippen molar-refractivity contribution in [1.82, 2.24) is 0 Å². The predicted octanol–water partition coefficient (Wildman–Crippen LogP) is 2.62. The van der Waals surface area contributed by atoms with E-state index in [0.717, 1.165) is 11.3 Å². The molecule has 0 heterocycles. The molecule has 0 bridgehead atoms. The van der Waals surface area contributed by atoms with Crippen LogP contribution in [-0.4, -0.2) is 29.5 Å². The van der Waals surface area contributed by atoms with Crippen molar-refractivity contribution in [2.24, 2.45) is 0 Å². The molecule has 4 nitrogen and oxygen atoms in total. The van der Waals surface area contributed by atoms with E-state index in [2.05, 4.69) is 5.32 Å². The predicted molar refractivity (Wildman–Crippen MR) is 78.4 cm³/mol. The number of carbonyl (C=O) groups is 2. The molecular weight excluding hydrogens is 262 g/mol. The Hall–Kier alpha value is -1.49. The number of carbonyl (C=O) groups excluding carboxylic acids is 2. The van der Waals surface area contributed by atoms with Crippen LogP contribution in [0.25, 0.3) is 0 Å². The summed E-state index contributed by atoms with van der Waals surface area (Å²) in [6, 6.07) is 7.59.